The molecule has 0 radical (unpaired) electrons. The molecule has 2 aromatic rings. The van der Waals surface area contributed by atoms with Crippen molar-refractivity contribution < 1.29 is 0 Å². The molecule has 0 aliphatic carbocycles. The fourth-order valence-electron chi connectivity index (χ4n) is 3.08. The largest absolute Gasteiger partial charge is 0.336 e. The lowest BCUT2D eigenvalue weighted by Gasteiger charge is -2.20. The molecule has 0 amide bonds. The lowest BCUT2D eigenvalue weighted by Crippen LogP contribution is -2.40. The number of rotatable bonds is 7. The summed E-state index contributed by atoms with van der Waals surface area (Å²) in [5.74, 6) is 0.782. The van der Waals surface area contributed by atoms with Crippen LogP contribution in [0.4, 0.5) is 0 Å². The second kappa shape index (κ2) is 6.72. The summed E-state index contributed by atoms with van der Waals surface area (Å²) in [6, 6.07) is 0. The molecule has 2 aromatic heterocycles. The predicted molar refractivity (Wildman–Crippen MR) is 93.1 cm³/mol. The third kappa shape index (κ3) is 3.12. The van der Waals surface area contributed by atoms with Crippen LogP contribution in [0, 0.1) is 0 Å². The van der Waals surface area contributed by atoms with E-state index in [1.54, 1.807) is 4.57 Å². The fraction of sp³-hybridized carbons (Fsp3) is 0.706. The van der Waals surface area contributed by atoms with Crippen LogP contribution in [0.3, 0.4) is 0 Å². The van der Waals surface area contributed by atoms with Crippen molar-refractivity contribution in [3.63, 3.8) is 0 Å². The van der Waals surface area contributed by atoms with Crippen molar-refractivity contribution in [1.82, 2.24) is 19.1 Å². The molecule has 23 heavy (non-hydrogen) atoms. The number of nitrogens with zero attached hydrogens (tertiary/aromatic N) is 3. The second-order valence-electron chi connectivity index (χ2n) is 6.81. The summed E-state index contributed by atoms with van der Waals surface area (Å²) in [6.45, 7) is 11.3. The van der Waals surface area contributed by atoms with E-state index in [1.165, 1.54) is 4.57 Å². The molecule has 0 unspecified atom stereocenters. The molecule has 128 valence electrons. The topological polar surface area (TPSA) is 72.7 Å². The maximum absolute atomic E-state index is 12.7. The van der Waals surface area contributed by atoms with Gasteiger partial charge >= 0.3 is 5.69 Å². The monoisotopic (exact) mass is 320 g/mol. The van der Waals surface area contributed by atoms with Crippen molar-refractivity contribution in [2.75, 3.05) is 0 Å². The third-order valence-corrected chi connectivity index (χ3v) is 4.27. The van der Waals surface area contributed by atoms with Crippen molar-refractivity contribution >= 4 is 11.2 Å². The minimum atomic E-state index is -0.259. The van der Waals surface area contributed by atoms with Gasteiger partial charge in [-0.3, -0.25) is 13.9 Å². The number of H-pyrrole nitrogens is 1. The van der Waals surface area contributed by atoms with E-state index in [4.69, 9.17) is 0 Å². The molecule has 0 aliphatic heterocycles. The number of imidazole rings is 1. The number of nitrogens with one attached hydrogen (secondary N) is 1. The van der Waals surface area contributed by atoms with E-state index in [0.29, 0.717) is 24.3 Å². The molecule has 0 atom stereocenters. The summed E-state index contributed by atoms with van der Waals surface area (Å²) >= 11 is 0. The Labute approximate surface area is 136 Å². The summed E-state index contributed by atoms with van der Waals surface area (Å²) < 4.78 is 2.96. The molecular weight excluding hydrogens is 292 g/mol. The quantitative estimate of drug-likeness (QED) is 0.852. The molecule has 1 N–H and O–H groups in total. The first-order valence-corrected chi connectivity index (χ1v) is 8.61. The predicted octanol–water partition coefficient (Wildman–Crippen LogP) is 2.78. The van der Waals surface area contributed by atoms with E-state index < -0.39 is 0 Å². The van der Waals surface area contributed by atoms with Gasteiger partial charge in [0.15, 0.2) is 5.65 Å². The normalized spacial score (nSPS) is 12.2. The number of aromatic amines is 1. The van der Waals surface area contributed by atoms with Gasteiger partial charge in [0.25, 0.3) is 5.56 Å². The first-order valence-electron chi connectivity index (χ1n) is 8.61. The highest BCUT2D eigenvalue weighted by Gasteiger charge is 2.26. The molecule has 0 fully saturated rings. The molecule has 0 aromatic carbocycles. The van der Waals surface area contributed by atoms with E-state index in [-0.39, 0.29) is 16.7 Å². The number of hydrogen-bond donors (Lipinski definition) is 1. The molecule has 0 bridgehead atoms. The molecule has 0 saturated carbocycles. The van der Waals surface area contributed by atoms with Gasteiger partial charge in [-0.1, -0.05) is 41.0 Å². The van der Waals surface area contributed by atoms with Gasteiger partial charge in [-0.15, -0.1) is 0 Å². The van der Waals surface area contributed by atoms with Crippen LogP contribution in [0.5, 0.6) is 0 Å². The summed E-state index contributed by atoms with van der Waals surface area (Å²) in [7, 11) is 0. The highest BCUT2D eigenvalue weighted by atomic mass is 16.2. The Morgan fingerprint density at radius 3 is 2.17 bits per heavy atom. The zero-order valence-electron chi connectivity index (χ0n) is 14.9. The molecule has 0 saturated heterocycles. The fourth-order valence-corrected chi connectivity index (χ4v) is 3.08. The standard InChI is InChI=1S/C17H28N4O2/c1-6-9-17(4,5)15-18-12-13(19-15)20(10-7-2)16(23)21(11-8-3)14(12)22/h6-11H2,1-5H3,(H,18,19). The van der Waals surface area contributed by atoms with Crippen LogP contribution in [-0.2, 0) is 18.5 Å². The molecule has 2 rings (SSSR count). The van der Waals surface area contributed by atoms with Gasteiger partial charge < -0.3 is 4.98 Å². The van der Waals surface area contributed by atoms with Crippen molar-refractivity contribution in [3.8, 4) is 0 Å². The number of aromatic nitrogens is 4. The van der Waals surface area contributed by atoms with Gasteiger partial charge in [0, 0.05) is 18.5 Å². The van der Waals surface area contributed by atoms with Crippen LogP contribution in [0.2, 0.25) is 0 Å². The van der Waals surface area contributed by atoms with Crippen molar-refractivity contribution in [2.45, 2.75) is 78.8 Å². The van der Waals surface area contributed by atoms with Gasteiger partial charge in [0.05, 0.1) is 0 Å². The van der Waals surface area contributed by atoms with Crippen molar-refractivity contribution in [2.24, 2.45) is 0 Å². The Hall–Kier alpha value is -1.85. The van der Waals surface area contributed by atoms with E-state index in [9.17, 15) is 9.59 Å². The molecular formula is C17H28N4O2. The van der Waals surface area contributed by atoms with Gasteiger partial charge in [-0.25, -0.2) is 9.78 Å². The van der Waals surface area contributed by atoms with E-state index >= 15 is 0 Å². The first-order chi connectivity index (χ1) is 10.9. The Morgan fingerprint density at radius 1 is 1.00 bits per heavy atom. The van der Waals surface area contributed by atoms with Crippen LogP contribution in [-0.4, -0.2) is 19.1 Å². The van der Waals surface area contributed by atoms with Gasteiger partial charge in [0.1, 0.15) is 11.3 Å². The summed E-state index contributed by atoms with van der Waals surface area (Å²) in [4.78, 5) is 33.2. The maximum atomic E-state index is 12.7. The summed E-state index contributed by atoms with van der Waals surface area (Å²) in [6.07, 6.45) is 3.56. The van der Waals surface area contributed by atoms with Gasteiger partial charge in [-0.05, 0) is 19.3 Å². The molecule has 6 heteroatoms. The lowest BCUT2D eigenvalue weighted by molar-refractivity contribution is 0.449. The molecule has 0 aliphatic rings. The lowest BCUT2D eigenvalue weighted by atomic mass is 9.87. The van der Waals surface area contributed by atoms with Gasteiger partial charge in [-0.2, -0.15) is 0 Å². The average molecular weight is 320 g/mol. The molecule has 0 spiro atoms. The summed E-state index contributed by atoms with van der Waals surface area (Å²) in [5, 5.41) is 0. The average Bonchev–Trinajstić information content (AvgIpc) is 2.94. The number of fused-ring (bicyclic) bond motifs is 1. The van der Waals surface area contributed by atoms with Gasteiger partial charge in [0.2, 0.25) is 0 Å². The van der Waals surface area contributed by atoms with Crippen molar-refractivity contribution in [3.05, 3.63) is 26.7 Å². The van der Waals surface area contributed by atoms with E-state index in [2.05, 4.69) is 30.7 Å². The number of aryl methyl sites for hydroxylation is 1. The summed E-state index contributed by atoms with van der Waals surface area (Å²) in [5.41, 5.74) is 0.282. The van der Waals surface area contributed by atoms with Crippen LogP contribution in [0.15, 0.2) is 9.59 Å². The van der Waals surface area contributed by atoms with E-state index in [0.717, 1.165) is 31.5 Å². The first kappa shape index (κ1) is 17.5. The Balaban J connectivity index is 2.78. The Bertz CT molecular complexity index is 795. The minimum Gasteiger partial charge on any atom is -0.336 e. The highest BCUT2D eigenvalue weighted by Crippen LogP contribution is 2.26. The second-order valence-corrected chi connectivity index (χ2v) is 6.81. The van der Waals surface area contributed by atoms with Crippen LogP contribution in [0.1, 0.15) is 66.1 Å². The zero-order valence-corrected chi connectivity index (χ0v) is 14.9. The smallest absolute Gasteiger partial charge is 0.332 e. The van der Waals surface area contributed by atoms with Crippen LogP contribution in [0.25, 0.3) is 11.2 Å². The van der Waals surface area contributed by atoms with Crippen LogP contribution >= 0.6 is 0 Å². The third-order valence-electron chi connectivity index (χ3n) is 4.27. The minimum absolute atomic E-state index is 0.150. The Morgan fingerprint density at radius 2 is 1.61 bits per heavy atom. The molecule has 2 heterocycles. The molecule has 6 nitrogen and oxygen atoms in total. The SMILES string of the molecule is CCCn1c(=O)c2[nH]c(C(C)(C)CCC)nc2n(CCC)c1=O. The zero-order chi connectivity index (χ0) is 17.2. The van der Waals surface area contributed by atoms with Crippen LogP contribution < -0.4 is 11.2 Å². The Kier molecular flexibility index (Phi) is 5.12. The van der Waals surface area contributed by atoms with Crippen molar-refractivity contribution in [1.29, 1.82) is 0 Å². The maximum Gasteiger partial charge on any atom is 0.332 e. The number of hydrogen-bond acceptors (Lipinski definition) is 3. The highest BCUT2D eigenvalue weighted by molar-refractivity contribution is 5.70. The van der Waals surface area contributed by atoms with E-state index in [1.807, 2.05) is 13.8 Å².